The summed E-state index contributed by atoms with van der Waals surface area (Å²) < 4.78 is 5.70. The van der Waals surface area contributed by atoms with Gasteiger partial charge in [0.25, 0.3) is 0 Å². The second-order valence-corrected chi connectivity index (χ2v) is 5.84. The van der Waals surface area contributed by atoms with E-state index in [9.17, 15) is 4.79 Å². The molecule has 1 saturated heterocycles. The summed E-state index contributed by atoms with van der Waals surface area (Å²) in [5, 5.41) is 11.7. The van der Waals surface area contributed by atoms with Crippen molar-refractivity contribution in [3.8, 4) is 0 Å². The number of hydrogen-bond donors (Lipinski definition) is 2. The van der Waals surface area contributed by atoms with Crippen molar-refractivity contribution >= 4 is 11.6 Å². The fourth-order valence-corrected chi connectivity index (χ4v) is 2.68. The molecule has 0 bridgehead atoms. The molecule has 1 aromatic rings. The topological polar surface area (TPSA) is 61.8 Å². The van der Waals surface area contributed by atoms with Crippen LogP contribution >= 0.6 is 0 Å². The van der Waals surface area contributed by atoms with Gasteiger partial charge in [-0.1, -0.05) is 12.1 Å². The van der Waals surface area contributed by atoms with Crippen molar-refractivity contribution in [3.63, 3.8) is 0 Å². The van der Waals surface area contributed by atoms with Crippen LogP contribution in [-0.2, 0) is 9.53 Å². The number of aryl methyl sites for hydroxylation is 1. The molecular formula is C17H26N2O3. The monoisotopic (exact) mass is 306 g/mol. The molecule has 1 amide bonds. The van der Waals surface area contributed by atoms with Gasteiger partial charge in [0.1, 0.15) is 0 Å². The van der Waals surface area contributed by atoms with Crippen LogP contribution in [0.3, 0.4) is 0 Å². The van der Waals surface area contributed by atoms with E-state index in [0.717, 1.165) is 37.2 Å². The summed E-state index contributed by atoms with van der Waals surface area (Å²) in [7, 11) is 0. The summed E-state index contributed by atoms with van der Waals surface area (Å²) >= 11 is 0. The highest BCUT2D eigenvalue weighted by molar-refractivity contribution is 5.92. The van der Waals surface area contributed by atoms with Gasteiger partial charge in [-0.3, -0.25) is 9.69 Å². The number of likely N-dealkylation sites (tertiary alicyclic amines) is 1. The van der Waals surface area contributed by atoms with Gasteiger partial charge in [-0.2, -0.15) is 0 Å². The van der Waals surface area contributed by atoms with Crippen molar-refractivity contribution in [1.29, 1.82) is 0 Å². The van der Waals surface area contributed by atoms with Gasteiger partial charge in [-0.15, -0.1) is 0 Å². The number of aliphatic hydroxyl groups excluding tert-OH is 1. The zero-order chi connectivity index (χ0) is 15.8. The van der Waals surface area contributed by atoms with Crippen LogP contribution in [0.25, 0.3) is 0 Å². The van der Waals surface area contributed by atoms with Gasteiger partial charge in [0.2, 0.25) is 5.91 Å². The second-order valence-electron chi connectivity index (χ2n) is 5.84. The van der Waals surface area contributed by atoms with E-state index < -0.39 is 0 Å². The van der Waals surface area contributed by atoms with Crippen LogP contribution in [0.5, 0.6) is 0 Å². The number of ether oxygens (including phenoxy) is 1. The Morgan fingerprint density at radius 1 is 1.41 bits per heavy atom. The lowest BCUT2D eigenvalue weighted by Crippen LogP contribution is -2.41. The molecule has 1 aliphatic rings. The maximum atomic E-state index is 12.1. The number of carbonyl (C=O) groups excluding carboxylic acids is 1. The highest BCUT2D eigenvalue weighted by Crippen LogP contribution is 2.14. The predicted molar refractivity (Wildman–Crippen MR) is 86.9 cm³/mol. The lowest BCUT2D eigenvalue weighted by atomic mass is 10.1. The Kier molecular flexibility index (Phi) is 6.83. The number of aliphatic hydroxyl groups is 1. The third-order valence-electron chi connectivity index (χ3n) is 3.86. The van der Waals surface area contributed by atoms with Gasteiger partial charge in [0.05, 0.1) is 12.6 Å². The van der Waals surface area contributed by atoms with E-state index in [2.05, 4.69) is 10.2 Å². The van der Waals surface area contributed by atoms with Crippen molar-refractivity contribution in [3.05, 3.63) is 29.8 Å². The molecule has 0 atom stereocenters. The predicted octanol–water partition coefficient (Wildman–Crippen LogP) is 1.80. The largest absolute Gasteiger partial charge is 0.396 e. The van der Waals surface area contributed by atoms with Crippen LogP contribution in [0.15, 0.2) is 24.3 Å². The molecule has 1 fully saturated rings. The van der Waals surface area contributed by atoms with Gasteiger partial charge in [-0.05, 0) is 43.9 Å². The number of nitrogens with one attached hydrogen (secondary N) is 1. The Balaban J connectivity index is 1.68. The van der Waals surface area contributed by atoms with Crippen molar-refractivity contribution in [2.24, 2.45) is 0 Å². The SMILES string of the molecule is Cc1cccc(NC(=O)CN2CCC(OCCCO)CC2)c1. The zero-order valence-corrected chi connectivity index (χ0v) is 13.3. The normalized spacial score (nSPS) is 16.6. The molecule has 22 heavy (non-hydrogen) atoms. The molecule has 1 heterocycles. The number of amides is 1. The Hall–Kier alpha value is -1.43. The fraction of sp³-hybridized carbons (Fsp3) is 0.588. The molecule has 122 valence electrons. The minimum atomic E-state index is 0.0326. The summed E-state index contributed by atoms with van der Waals surface area (Å²) in [4.78, 5) is 14.2. The summed E-state index contributed by atoms with van der Waals surface area (Å²) in [6.07, 6.45) is 2.86. The van der Waals surface area contributed by atoms with Crippen molar-refractivity contribution in [1.82, 2.24) is 4.90 Å². The van der Waals surface area contributed by atoms with E-state index in [1.54, 1.807) is 0 Å². The molecule has 1 aliphatic heterocycles. The molecule has 0 saturated carbocycles. The van der Waals surface area contributed by atoms with Crippen molar-refractivity contribution < 1.29 is 14.6 Å². The third-order valence-corrected chi connectivity index (χ3v) is 3.86. The maximum Gasteiger partial charge on any atom is 0.238 e. The average Bonchev–Trinajstić information content (AvgIpc) is 2.49. The third kappa shape index (κ3) is 5.75. The van der Waals surface area contributed by atoms with Gasteiger partial charge in [0, 0.05) is 32.0 Å². The number of benzene rings is 1. The molecule has 5 heteroatoms. The molecule has 0 aromatic heterocycles. The average molecular weight is 306 g/mol. The Bertz CT molecular complexity index is 471. The zero-order valence-electron chi connectivity index (χ0n) is 13.3. The van der Waals surface area contributed by atoms with Crippen LogP contribution in [0.2, 0.25) is 0 Å². The van der Waals surface area contributed by atoms with Crippen molar-refractivity contribution in [2.75, 3.05) is 38.2 Å². The van der Waals surface area contributed by atoms with E-state index in [1.807, 2.05) is 31.2 Å². The van der Waals surface area contributed by atoms with E-state index in [1.165, 1.54) is 0 Å². The number of anilines is 1. The summed E-state index contributed by atoms with van der Waals surface area (Å²) in [6.45, 7) is 5.00. The molecule has 0 unspecified atom stereocenters. The minimum Gasteiger partial charge on any atom is -0.396 e. The van der Waals surface area contributed by atoms with Crippen LogP contribution in [-0.4, -0.2) is 54.9 Å². The first-order chi connectivity index (χ1) is 10.7. The molecule has 2 rings (SSSR count). The molecule has 5 nitrogen and oxygen atoms in total. The van der Waals surface area contributed by atoms with Gasteiger partial charge >= 0.3 is 0 Å². The summed E-state index contributed by atoms with van der Waals surface area (Å²) in [5.41, 5.74) is 1.99. The maximum absolute atomic E-state index is 12.1. The van der Waals surface area contributed by atoms with Gasteiger partial charge in [0.15, 0.2) is 0 Å². The Morgan fingerprint density at radius 2 is 2.18 bits per heavy atom. The molecule has 1 aromatic carbocycles. The van der Waals surface area contributed by atoms with Crippen LogP contribution in [0.1, 0.15) is 24.8 Å². The van der Waals surface area contributed by atoms with Crippen molar-refractivity contribution in [2.45, 2.75) is 32.3 Å². The smallest absolute Gasteiger partial charge is 0.238 e. The first-order valence-electron chi connectivity index (χ1n) is 7.98. The van der Waals surface area contributed by atoms with Crippen LogP contribution < -0.4 is 5.32 Å². The molecule has 0 radical (unpaired) electrons. The summed E-state index contributed by atoms with van der Waals surface area (Å²) in [6, 6.07) is 7.84. The number of piperidine rings is 1. The number of hydrogen-bond acceptors (Lipinski definition) is 4. The number of nitrogens with zero attached hydrogens (tertiary/aromatic N) is 1. The minimum absolute atomic E-state index is 0.0326. The standard InChI is InChI=1S/C17H26N2O3/c1-14-4-2-5-15(12-14)18-17(21)13-19-8-6-16(7-9-19)22-11-3-10-20/h2,4-5,12,16,20H,3,6-11,13H2,1H3,(H,18,21). The highest BCUT2D eigenvalue weighted by atomic mass is 16.5. The quantitative estimate of drug-likeness (QED) is 0.754. The van der Waals surface area contributed by atoms with Crippen LogP contribution in [0.4, 0.5) is 5.69 Å². The second kappa shape index (κ2) is 8.88. The van der Waals surface area contributed by atoms with Crippen LogP contribution in [0, 0.1) is 6.92 Å². The summed E-state index contributed by atoms with van der Waals surface area (Å²) in [5.74, 6) is 0.0326. The fourth-order valence-electron chi connectivity index (χ4n) is 2.68. The van der Waals surface area contributed by atoms with E-state index >= 15 is 0 Å². The molecular weight excluding hydrogens is 280 g/mol. The first kappa shape index (κ1) is 16.9. The molecule has 0 aliphatic carbocycles. The van der Waals surface area contributed by atoms with E-state index in [4.69, 9.17) is 9.84 Å². The molecule has 2 N–H and O–H groups in total. The lowest BCUT2D eigenvalue weighted by Gasteiger charge is -2.31. The van der Waals surface area contributed by atoms with E-state index in [-0.39, 0.29) is 18.6 Å². The number of carbonyl (C=O) groups is 1. The van der Waals surface area contributed by atoms with Gasteiger partial charge < -0.3 is 15.2 Å². The highest BCUT2D eigenvalue weighted by Gasteiger charge is 2.21. The Labute approximate surface area is 132 Å². The lowest BCUT2D eigenvalue weighted by molar-refractivity contribution is -0.118. The Morgan fingerprint density at radius 3 is 2.86 bits per heavy atom. The van der Waals surface area contributed by atoms with E-state index in [0.29, 0.717) is 19.6 Å². The molecule has 0 spiro atoms. The van der Waals surface area contributed by atoms with Gasteiger partial charge in [-0.25, -0.2) is 0 Å². The first-order valence-corrected chi connectivity index (χ1v) is 7.98. The number of rotatable bonds is 7.